The van der Waals surface area contributed by atoms with Gasteiger partial charge in [0.1, 0.15) is 0 Å². The average molecular weight is 300 g/mol. The molecular weight excluding hydrogens is 268 g/mol. The number of fused-ring (bicyclic) bond motifs is 5. The number of aliphatic hydroxyl groups is 1. The second kappa shape index (κ2) is 4.97. The first-order valence-electron chi connectivity index (χ1n) is 9.49. The van der Waals surface area contributed by atoms with Gasteiger partial charge in [0, 0.05) is 0 Å². The smallest absolute Gasteiger partial charge is 0.0577 e. The summed E-state index contributed by atoms with van der Waals surface area (Å²) in [5.74, 6) is 3.38. The van der Waals surface area contributed by atoms with E-state index in [4.69, 9.17) is 0 Å². The molecule has 0 aromatic rings. The fourth-order valence-corrected chi connectivity index (χ4v) is 7.07. The lowest BCUT2D eigenvalue weighted by molar-refractivity contribution is -0.0442. The molecule has 7 atom stereocenters. The van der Waals surface area contributed by atoms with Gasteiger partial charge in [0.15, 0.2) is 0 Å². The first-order chi connectivity index (χ1) is 10.5. The minimum absolute atomic E-state index is 0.0821. The molecule has 4 aliphatic carbocycles. The summed E-state index contributed by atoms with van der Waals surface area (Å²) in [5, 5.41) is 10.1. The van der Waals surface area contributed by atoms with E-state index in [2.05, 4.69) is 32.6 Å². The zero-order chi connectivity index (χ0) is 15.5. The van der Waals surface area contributed by atoms with Crippen molar-refractivity contribution in [1.82, 2.24) is 0 Å². The predicted molar refractivity (Wildman–Crippen MR) is 91.4 cm³/mol. The average Bonchev–Trinajstić information content (AvgIpc) is 2.84. The van der Waals surface area contributed by atoms with Crippen LogP contribution in [0.4, 0.5) is 0 Å². The third-order valence-electron chi connectivity index (χ3n) is 8.44. The van der Waals surface area contributed by atoms with Crippen molar-refractivity contribution in [3.05, 3.63) is 24.3 Å². The van der Waals surface area contributed by atoms with Gasteiger partial charge >= 0.3 is 0 Å². The van der Waals surface area contributed by atoms with Crippen molar-refractivity contribution in [3.63, 3.8) is 0 Å². The molecule has 3 fully saturated rings. The maximum Gasteiger partial charge on any atom is 0.0577 e. The van der Waals surface area contributed by atoms with E-state index in [1.54, 1.807) is 5.57 Å². The molecule has 0 aromatic heterocycles. The monoisotopic (exact) mass is 300 g/mol. The number of hydrogen-bond donors (Lipinski definition) is 1. The van der Waals surface area contributed by atoms with Crippen LogP contribution in [-0.2, 0) is 0 Å². The van der Waals surface area contributed by atoms with Crippen LogP contribution in [0.3, 0.4) is 0 Å². The Morgan fingerprint density at radius 2 is 1.95 bits per heavy atom. The molecule has 0 spiro atoms. The summed E-state index contributed by atoms with van der Waals surface area (Å²) in [6.45, 7) is 9.20. The van der Waals surface area contributed by atoms with Gasteiger partial charge in [-0.2, -0.15) is 0 Å². The molecule has 1 N–H and O–H groups in total. The Balaban J connectivity index is 1.67. The number of allylic oxidation sites excluding steroid dienone is 2. The maximum atomic E-state index is 10.1. The molecule has 0 aliphatic heterocycles. The SMILES string of the molecule is C=C[C@@H]1CC[C@@H]2[C@H]3CC=C4C[C@H](O)CC[C@@]4(C)[C@@H]3CC[C@]12C. The molecule has 0 amide bonds. The van der Waals surface area contributed by atoms with Crippen LogP contribution in [0.5, 0.6) is 0 Å². The van der Waals surface area contributed by atoms with Crippen molar-refractivity contribution in [3.8, 4) is 0 Å². The van der Waals surface area contributed by atoms with Crippen LogP contribution >= 0.6 is 0 Å². The Hall–Kier alpha value is -0.560. The Bertz CT molecular complexity index is 506. The van der Waals surface area contributed by atoms with Gasteiger partial charge in [-0.05, 0) is 85.9 Å². The highest BCUT2D eigenvalue weighted by atomic mass is 16.3. The van der Waals surface area contributed by atoms with Gasteiger partial charge in [-0.3, -0.25) is 0 Å². The van der Waals surface area contributed by atoms with Crippen LogP contribution < -0.4 is 0 Å². The van der Waals surface area contributed by atoms with E-state index in [-0.39, 0.29) is 6.10 Å². The fourth-order valence-electron chi connectivity index (χ4n) is 7.07. The van der Waals surface area contributed by atoms with Crippen molar-refractivity contribution < 1.29 is 5.11 Å². The summed E-state index contributed by atoms with van der Waals surface area (Å²) in [6.07, 6.45) is 14.7. The van der Waals surface area contributed by atoms with E-state index in [9.17, 15) is 5.11 Å². The van der Waals surface area contributed by atoms with Crippen molar-refractivity contribution in [2.75, 3.05) is 0 Å². The first-order valence-corrected chi connectivity index (χ1v) is 9.49. The van der Waals surface area contributed by atoms with Gasteiger partial charge in [0.05, 0.1) is 6.10 Å². The van der Waals surface area contributed by atoms with Crippen molar-refractivity contribution in [1.29, 1.82) is 0 Å². The summed E-state index contributed by atoms with van der Waals surface area (Å²) in [7, 11) is 0. The maximum absolute atomic E-state index is 10.1. The van der Waals surface area contributed by atoms with Gasteiger partial charge < -0.3 is 5.11 Å². The minimum Gasteiger partial charge on any atom is -0.393 e. The summed E-state index contributed by atoms with van der Waals surface area (Å²) >= 11 is 0. The molecule has 4 aliphatic rings. The van der Waals surface area contributed by atoms with E-state index >= 15 is 0 Å². The molecule has 0 bridgehead atoms. The molecule has 0 saturated heterocycles. The van der Waals surface area contributed by atoms with Crippen LogP contribution in [0.25, 0.3) is 0 Å². The fraction of sp³-hybridized carbons (Fsp3) is 0.810. The minimum atomic E-state index is -0.0821. The summed E-state index contributed by atoms with van der Waals surface area (Å²) in [4.78, 5) is 0. The molecule has 0 unspecified atom stereocenters. The number of aliphatic hydroxyl groups excluding tert-OH is 1. The van der Waals surface area contributed by atoms with Gasteiger partial charge in [-0.1, -0.05) is 31.6 Å². The lowest BCUT2D eigenvalue weighted by Gasteiger charge is -2.58. The van der Waals surface area contributed by atoms with Crippen LogP contribution in [0.2, 0.25) is 0 Å². The van der Waals surface area contributed by atoms with Crippen molar-refractivity contribution >= 4 is 0 Å². The first kappa shape index (κ1) is 15.0. The standard InChI is InChI=1S/C21H32O/c1-4-14-6-8-18-17-7-5-15-13-16(22)9-11-21(15,3)19(17)10-12-20(14,18)2/h4-5,14,16-19,22H,1,6-13H2,2-3H3/t14-,16-,17-,18-,19-,20-,21-/m1/s1. The third kappa shape index (κ3) is 1.87. The molecule has 22 heavy (non-hydrogen) atoms. The Morgan fingerprint density at radius 3 is 2.73 bits per heavy atom. The highest BCUT2D eigenvalue weighted by molar-refractivity contribution is 5.25. The largest absolute Gasteiger partial charge is 0.393 e. The van der Waals surface area contributed by atoms with Gasteiger partial charge in [0.2, 0.25) is 0 Å². The Labute approximate surface area is 135 Å². The summed E-state index contributed by atoms with van der Waals surface area (Å²) in [5.41, 5.74) is 2.49. The van der Waals surface area contributed by atoms with Crippen LogP contribution in [-0.4, -0.2) is 11.2 Å². The molecular formula is C21H32O. The molecule has 3 saturated carbocycles. The molecule has 1 nitrogen and oxygen atoms in total. The molecule has 4 rings (SSSR count). The second-order valence-corrected chi connectivity index (χ2v) is 9.12. The van der Waals surface area contributed by atoms with Crippen LogP contribution in [0, 0.1) is 34.5 Å². The lowest BCUT2D eigenvalue weighted by atomic mass is 9.47. The predicted octanol–water partition coefficient (Wildman–Crippen LogP) is 5.11. The molecule has 1 heteroatoms. The quantitative estimate of drug-likeness (QED) is 0.667. The molecule has 0 aromatic carbocycles. The zero-order valence-electron chi connectivity index (χ0n) is 14.4. The van der Waals surface area contributed by atoms with Crippen LogP contribution in [0.15, 0.2) is 24.3 Å². The highest BCUT2D eigenvalue weighted by Crippen LogP contribution is 2.66. The zero-order valence-corrected chi connectivity index (χ0v) is 14.4. The van der Waals surface area contributed by atoms with Crippen molar-refractivity contribution in [2.24, 2.45) is 34.5 Å². The third-order valence-corrected chi connectivity index (χ3v) is 8.44. The summed E-state index contributed by atoms with van der Waals surface area (Å²) < 4.78 is 0. The number of rotatable bonds is 1. The summed E-state index contributed by atoms with van der Waals surface area (Å²) in [6, 6.07) is 0. The molecule has 122 valence electrons. The Morgan fingerprint density at radius 1 is 1.14 bits per heavy atom. The van der Waals surface area contributed by atoms with E-state index in [0.717, 1.165) is 36.5 Å². The number of hydrogen-bond acceptors (Lipinski definition) is 1. The second-order valence-electron chi connectivity index (χ2n) is 9.12. The van der Waals surface area contributed by atoms with E-state index in [1.165, 1.54) is 38.5 Å². The van der Waals surface area contributed by atoms with Crippen LogP contribution in [0.1, 0.15) is 65.2 Å². The normalized spacial score (nSPS) is 54.0. The van der Waals surface area contributed by atoms with Gasteiger partial charge in [0.25, 0.3) is 0 Å². The van der Waals surface area contributed by atoms with Gasteiger partial charge in [-0.15, -0.1) is 6.58 Å². The topological polar surface area (TPSA) is 20.2 Å². The lowest BCUT2D eigenvalue weighted by Crippen LogP contribution is -2.50. The van der Waals surface area contributed by atoms with E-state index in [0.29, 0.717) is 10.8 Å². The van der Waals surface area contributed by atoms with Crippen molar-refractivity contribution in [2.45, 2.75) is 71.3 Å². The van der Waals surface area contributed by atoms with Gasteiger partial charge in [-0.25, -0.2) is 0 Å². The van der Waals surface area contributed by atoms with E-state index in [1.807, 2.05) is 0 Å². The Kier molecular flexibility index (Phi) is 3.39. The molecule has 0 radical (unpaired) electrons. The highest BCUT2D eigenvalue weighted by Gasteiger charge is 2.57. The molecule has 0 heterocycles. The van der Waals surface area contributed by atoms with E-state index < -0.39 is 0 Å².